The molecule has 1 heterocycles. The van der Waals surface area contributed by atoms with Crippen LogP contribution in [0.25, 0.3) is 17.1 Å². The van der Waals surface area contributed by atoms with Gasteiger partial charge in [-0.05, 0) is 60.7 Å². The molecule has 0 saturated heterocycles. The second kappa shape index (κ2) is 11.3. The monoisotopic (exact) mass is 540 g/mol. The van der Waals surface area contributed by atoms with Crippen LogP contribution < -0.4 is 0 Å². The molecular weight excluding hydrogens is 512 g/mol. The van der Waals surface area contributed by atoms with Crippen molar-refractivity contribution in [2.24, 2.45) is 0 Å². The van der Waals surface area contributed by atoms with Gasteiger partial charge in [0.05, 0.1) is 4.90 Å². The quantitative estimate of drug-likeness (QED) is 0.204. The summed E-state index contributed by atoms with van der Waals surface area (Å²) in [7, 11) is -3.78. The molecule has 0 amide bonds. The van der Waals surface area contributed by atoms with Gasteiger partial charge in [-0.15, -0.1) is 10.2 Å². The van der Waals surface area contributed by atoms with Crippen molar-refractivity contribution in [1.29, 1.82) is 0 Å². The van der Waals surface area contributed by atoms with E-state index in [1.165, 1.54) is 21.6 Å². The highest BCUT2D eigenvalue weighted by Crippen LogP contribution is 2.29. The smallest absolute Gasteiger partial charge is 0.243 e. The lowest BCUT2D eigenvalue weighted by atomic mass is 10.2. The summed E-state index contributed by atoms with van der Waals surface area (Å²) >= 11 is 1.51. The maximum atomic E-state index is 13.8. The van der Waals surface area contributed by atoms with E-state index in [0.717, 1.165) is 27.5 Å². The molecule has 0 N–H and O–H groups in total. The normalized spacial score (nSPS) is 11.7. The average molecular weight is 541 g/mol. The Morgan fingerprint density at radius 2 is 1.29 bits per heavy atom. The fourth-order valence-electron chi connectivity index (χ4n) is 4.24. The van der Waals surface area contributed by atoms with E-state index in [2.05, 4.69) is 10.2 Å². The predicted octanol–water partition coefficient (Wildman–Crippen LogP) is 6.36. The molecular formula is C30H28N4O2S2. The Labute approximate surface area is 228 Å². The van der Waals surface area contributed by atoms with Gasteiger partial charge in [0, 0.05) is 24.3 Å². The van der Waals surface area contributed by atoms with E-state index in [-0.39, 0.29) is 18.0 Å². The van der Waals surface area contributed by atoms with Crippen molar-refractivity contribution in [3.8, 4) is 17.1 Å². The highest BCUT2D eigenvalue weighted by Gasteiger charge is 2.25. The Bertz CT molecular complexity index is 1560. The summed E-state index contributed by atoms with van der Waals surface area (Å²) in [5.41, 5.74) is 4.77. The molecule has 0 fully saturated rings. The van der Waals surface area contributed by atoms with Gasteiger partial charge >= 0.3 is 0 Å². The van der Waals surface area contributed by atoms with E-state index in [9.17, 15) is 8.42 Å². The van der Waals surface area contributed by atoms with Crippen LogP contribution in [-0.2, 0) is 23.1 Å². The third-order valence-electron chi connectivity index (χ3n) is 6.26. The Morgan fingerprint density at radius 1 is 0.737 bits per heavy atom. The lowest BCUT2D eigenvalue weighted by Crippen LogP contribution is -2.30. The van der Waals surface area contributed by atoms with Gasteiger partial charge in [-0.2, -0.15) is 4.31 Å². The largest absolute Gasteiger partial charge is 0.270 e. The molecule has 0 bridgehead atoms. The summed E-state index contributed by atoms with van der Waals surface area (Å²) in [6, 6.07) is 34.4. The molecule has 0 unspecified atom stereocenters. The van der Waals surface area contributed by atoms with Crippen LogP contribution in [0.3, 0.4) is 0 Å². The van der Waals surface area contributed by atoms with Crippen LogP contribution in [0.1, 0.15) is 16.7 Å². The Morgan fingerprint density at radius 3 is 1.82 bits per heavy atom. The Balaban J connectivity index is 1.49. The van der Waals surface area contributed by atoms with Gasteiger partial charge in [-0.25, -0.2) is 8.42 Å². The van der Waals surface area contributed by atoms with E-state index in [1.807, 2.05) is 103 Å². The molecule has 0 atom stereocenters. The van der Waals surface area contributed by atoms with Crippen molar-refractivity contribution < 1.29 is 8.42 Å². The zero-order chi connectivity index (χ0) is 26.5. The minimum absolute atomic E-state index is 0.236. The van der Waals surface area contributed by atoms with Gasteiger partial charge in [0.1, 0.15) is 0 Å². The van der Waals surface area contributed by atoms with Crippen molar-refractivity contribution in [3.05, 3.63) is 126 Å². The molecule has 5 aromatic rings. The third-order valence-corrected chi connectivity index (χ3v) is 8.70. The molecule has 4 aromatic carbocycles. The molecule has 192 valence electrons. The first kappa shape index (κ1) is 25.9. The average Bonchev–Trinajstić information content (AvgIpc) is 3.38. The topological polar surface area (TPSA) is 68.1 Å². The zero-order valence-electron chi connectivity index (χ0n) is 21.2. The predicted molar refractivity (Wildman–Crippen MR) is 153 cm³/mol. The van der Waals surface area contributed by atoms with Gasteiger partial charge in [-0.1, -0.05) is 90.1 Å². The molecule has 8 heteroatoms. The van der Waals surface area contributed by atoms with Crippen LogP contribution in [0.4, 0.5) is 0 Å². The number of thioether (sulfide) groups is 1. The van der Waals surface area contributed by atoms with Crippen LogP contribution in [0.15, 0.2) is 119 Å². The fraction of sp³-hybridized carbons (Fsp3) is 0.133. The maximum Gasteiger partial charge on any atom is 0.243 e. The molecule has 0 aliphatic heterocycles. The highest BCUT2D eigenvalue weighted by atomic mass is 32.2. The molecule has 0 radical (unpaired) electrons. The molecule has 0 aliphatic carbocycles. The lowest BCUT2D eigenvalue weighted by molar-refractivity contribution is 0.401. The number of aromatic nitrogens is 3. The van der Waals surface area contributed by atoms with Gasteiger partial charge in [-0.3, -0.25) is 4.57 Å². The first-order valence-corrected chi connectivity index (χ1v) is 14.9. The van der Waals surface area contributed by atoms with Gasteiger partial charge in [0.2, 0.25) is 10.0 Å². The van der Waals surface area contributed by atoms with E-state index in [1.54, 1.807) is 24.3 Å². The summed E-state index contributed by atoms with van der Waals surface area (Å²) in [5.74, 6) is 0.660. The van der Waals surface area contributed by atoms with Crippen molar-refractivity contribution in [1.82, 2.24) is 19.1 Å². The molecule has 0 spiro atoms. The molecule has 0 saturated carbocycles. The first-order valence-electron chi connectivity index (χ1n) is 12.2. The van der Waals surface area contributed by atoms with Crippen molar-refractivity contribution in [3.63, 3.8) is 0 Å². The second-order valence-electron chi connectivity index (χ2n) is 8.95. The van der Waals surface area contributed by atoms with Crippen LogP contribution in [0.2, 0.25) is 0 Å². The summed E-state index contributed by atoms with van der Waals surface area (Å²) in [5, 5.41) is 9.54. The minimum Gasteiger partial charge on any atom is -0.270 e. The van der Waals surface area contributed by atoms with Crippen molar-refractivity contribution in [2.75, 3.05) is 6.26 Å². The maximum absolute atomic E-state index is 13.8. The molecule has 6 nitrogen and oxygen atoms in total. The number of hydrogen-bond acceptors (Lipinski definition) is 5. The van der Waals surface area contributed by atoms with E-state index in [0.29, 0.717) is 5.82 Å². The van der Waals surface area contributed by atoms with Gasteiger partial charge < -0.3 is 0 Å². The number of nitrogens with zero attached hydrogens (tertiary/aromatic N) is 4. The minimum atomic E-state index is -3.78. The molecule has 5 rings (SSSR count). The SMILES string of the molecule is CSc1nnc(-c2ccc(S(=O)(=O)N(Cc3ccccc3)Cc3ccccc3)cc2)n1-c1ccc(C)cc1. The van der Waals surface area contributed by atoms with E-state index < -0.39 is 10.0 Å². The first-order chi connectivity index (χ1) is 18.5. The van der Waals surface area contributed by atoms with Crippen molar-refractivity contribution in [2.45, 2.75) is 30.1 Å². The number of hydrogen-bond donors (Lipinski definition) is 0. The lowest BCUT2D eigenvalue weighted by Gasteiger charge is -2.23. The fourth-order valence-corrected chi connectivity index (χ4v) is 6.15. The van der Waals surface area contributed by atoms with Gasteiger partial charge in [0.15, 0.2) is 11.0 Å². The summed E-state index contributed by atoms with van der Waals surface area (Å²) < 4.78 is 31.2. The number of aryl methyl sites for hydroxylation is 1. The van der Waals surface area contributed by atoms with Gasteiger partial charge in [0.25, 0.3) is 0 Å². The van der Waals surface area contributed by atoms with E-state index >= 15 is 0 Å². The molecule has 1 aromatic heterocycles. The third kappa shape index (κ3) is 5.57. The number of rotatable bonds is 9. The number of sulfonamides is 1. The van der Waals surface area contributed by atoms with Crippen LogP contribution in [-0.4, -0.2) is 33.7 Å². The summed E-state index contributed by atoms with van der Waals surface area (Å²) in [6.45, 7) is 2.60. The van der Waals surface area contributed by atoms with Crippen LogP contribution >= 0.6 is 11.8 Å². The summed E-state index contributed by atoms with van der Waals surface area (Å²) in [4.78, 5) is 0.236. The highest BCUT2D eigenvalue weighted by molar-refractivity contribution is 7.98. The van der Waals surface area contributed by atoms with Crippen molar-refractivity contribution >= 4 is 21.8 Å². The Kier molecular flexibility index (Phi) is 7.74. The zero-order valence-corrected chi connectivity index (χ0v) is 22.9. The van der Waals surface area contributed by atoms with Crippen LogP contribution in [0.5, 0.6) is 0 Å². The molecule has 38 heavy (non-hydrogen) atoms. The molecule has 0 aliphatic rings. The number of benzene rings is 4. The Hall–Kier alpha value is -3.72. The standard InChI is InChI=1S/C30H28N4O2S2/c1-23-13-17-27(18-14-23)34-29(31-32-30(34)37-2)26-15-19-28(20-16-26)38(35,36)33(21-24-9-5-3-6-10-24)22-25-11-7-4-8-12-25/h3-20H,21-22H2,1-2H3. The van der Waals surface area contributed by atoms with Crippen LogP contribution in [0, 0.1) is 6.92 Å². The second-order valence-corrected chi connectivity index (χ2v) is 11.7. The van der Waals surface area contributed by atoms with E-state index in [4.69, 9.17) is 0 Å². The summed E-state index contributed by atoms with van der Waals surface area (Å²) in [6.07, 6.45) is 1.96.